The van der Waals surface area contributed by atoms with Gasteiger partial charge in [0.25, 0.3) is 0 Å². The highest BCUT2D eigenvalue weighted by molar-refractivity contribution is 7.97. The molecule has 0 aromatic heterocycles. The Hall–Kier alpha value is -5.75. The van der Waals surface area contributed by atoms with Gasteiger partial charge in [0.05, 0.1) is 0 Å². The van der Waals surface area contributed by atoms with Crippen LogP contribution >= 0.6 is 0 Å². The summed E-state index contributed by atoms with van der Waals surface area (Å²) >= 11 is 0. The number of ether oxygens (including phenoxy) is 6. The highest BCUT2D eigenvalue weighted by Gasteiger charge is 2.37. The normalized spacial score (nSPS) is 10.8. The smallest absolute Gasteiger partial charge is 0.490 e. The van der Waals surface area contributed by atoms with Crippen LogP contribution in [-0.4, -0.2) is 46.9 Å². The van der Waals surface area contributed by atoms with Gasteiger partial charge in [0.15, 0.2) is 17.2 Å². The zero-order chi connectivity index (χ0) is 37.9. The van der Waals surface area contributed by atoms with Crippen molar-refractivity contribution in [3.05, 3.63) is 164 Å². The minimum absolute atomic E-state index is 0.382. The molecule has 0 N–H and O–H groups in total. The Morgan fingerprint density at radius 3 is 0.815 bits per heavy atom. The van der Waals surface area contributed by atoms with E-state index >= 15 is 0 Å². The minimum Gasteiger partial charge on any atom is -0.490 e. The first-order chi connectivity index (χ1) is 26.3. The van der Waals surface area contributed by atoms with Crippen molar-refractivity contribution in [2.24, 2.45) is 0 Å². The minimum atomic E-state index is -6.00. The number of benzene rings is 6. The topological polar surface area (TPSA) is 55.4 Å². The van der Waals surface area contributed by atoms with Crippen LogP contribution in [-0.2, 0) is 10.9 Å². The molecule has 6 aromatic carbocycles. The second kappa shape index (κ2) is 21.1. The fourth-order valence-corrected chi connectivity index (χ4v) is 7.39. The predicted molar refractivity (Wildman–Crippen MR) is 204 cm³/mol. The third kappa shape index (κ3) is 13.3. The van der Waals surface area contributed by atoms with Gasteiger partial charge in [0.1, 0.15) is 67.8 Å². The second-order valence-corrected chi connectivity index (χ2v) is 13.1. The lowest BCUT2D eigenvalue weighted by molar-refractivity contribution is 0.212. The zero-order valence-corrected chi connectivity index (χ0v) is 30.1. The molecule has 54 heavy (non-hydrogen) atoms. The standard InChI is InChI=1S/C42H39O6S.BF4/c1-4-16-34(17-5-1)43-28-31-46-37-22-10-13-25-40(37)49(41-26-14-11-23-38(41)47-32-29-44-35-18-6-2-7-19-35)42-27-15-12-24-39(42)48-33-30-45-36-20-8-3-9-21-36;2-1(3,4)5/h1-27H,28-33H2;/q+1;-1. The summed E-state index contributed by atoms with van der Waals surface area (Å²) in [6.45, 7) is 2.38. The van der Waals surface area contributed by atoms with Crippen LogP contribution in [0.4, 0.5) is 17.3 Å². The van der Waals surface area contributed by atoms with Gasteiger partial charge in [-0.1, -0.05) is 91.0 Å². The van der Waals surface area contributed by atoms with Gasteiger partial charge >= 0.3 is 7.25 Å². The van der Waals surface area contributed by atoms with Crippen LogP contribution in [0.2, 0.25) is 0 Å². The fraction of sp³-hybridized carbons (Fsp3) is 0.143. The van der Waals surface area contributed by atoms with Gasteiger partial charge in [0.2, 0.25) is 14.7 Å². The third-order valence-electron chi connectivity index (χ3n) is 7.27. The van der Waals surface area contributed by atoms with E-state index in [2.05, 4.69) is 18.2 Å². The van der Waals surface area contributed by atoms with Crippen molar-refractivity contribution < 1.29 is 45.7 Å². The Balaban J connectivity index is 0.00000105. The summed E-state index contributed by atoms with van der Waals surface area (Å²) in [6, 6.07) is 53.7. The molecule has 0 heterocycles. The van der Waals surface area contributed by atoms with E-state index in [0.29, 0.717) is 39.6 Å². The van der Waals surface area contributed by atoms with Gasteiger partial charge in [-0.15, -0.1) is 0 Å². The van der Waals surface area contributed by atoms with Gasteiger partial charge in [-0.05, 0) is 72.8 Å². The van der Waals surface area contributed by atoms with Gasteiger partial charge in [0, 0.05) is 0 Å². The molecule has 0 spiro atoms. The first-order valence-corrected chi connectivity index (χ1v) is 18.4. The summed E-state index contributed by atoms with van der Waals surface area (Å²) < 4.78 is 76.0. The quantitative estimate of drug-likeness (QED) is 0.0377. The molecule has 0 aliphatic rings. The molecule has 12 heteroatoms. The van der Waals surface area contributed by atoms with Crippen LogP contribution in [0.1, 0.15) is 0 Å². The van der Waals surface area contributed by atoms with Crippen LogP contribution in [0.15, 0.2) is 178 Å². The fourth-order valence-electron chi connectivity index (χ4n) is 5.05. The predicted octanol–water partition coefficient (Wildman–Crippen LogP) is 10.5. The highest BCUT2D eigenvalue weighted by Crippen LogP contribution is 2.43. The average molecular weight is 759 g/mol. The van der Waals surface area contributed by atoms with Crippen molar-refractivity contribution in [1.29, 1.82) is 0 Å². The number of rotatable bonds is 18. The van der Waals surface area contributed by atoms with Gasteiger partial charge in [-0.2, -0.15) is 0 Å². The molecule has 0 fully saturated rings. The maximum absolute atomic E-state index is 9.75. The van der Waals surface area contributed by atoms with Crippen molar-refractivity contribution in [2.75, 3.05) is 39.6 Å². The molecule has 280 valence electrons. The summed E-state index contributed by atoms with van der Waals surface area (Å²) in [5.74, 6) is 4.74. The number of hydrogen-bond donors (Lipinski definition) is 0. The van der Waals surface area contributed by atoms with E-state index in [4.69, 9.17) is 28.4 Å². The maximum Gasteiger partial charge on any atom is 0.673 e. The van der Waals surface area contributed by atoms with Crippen LogP contribution in [0.3, 0.4) is 0 Å². The first-order valence-electron chi connectivity index (χ1n) is 17.2. The Bertz CT molecular complexity index is 1730. The highest BCUT2D eigenvalue weighted by atomic mass is 32.2. The number of halogens is 4. The second-order valence-electron chi connectivity index (χ2n) is 11.2. The summed E-state index contributed by atoms with van der Waals surface area (Å²) in [5.41, 5.74) is 0. The van der Waals surface area contributed by atoms with Crippen LogP contribution in [0.25, 0.3) is 0 Å². The molecule has 0 aliphatic carbocycles. The molecule has 0 aliphatic heterocycles. The molecule has 0 saturated heterocycles. The Morgan fingerprint density at radius 1 is 0.315 bits per heavy atom. The molecule has 0 atom stereocenters. The lowest BCUT2D eigenvalue weighted by Crippen LogP contribution is -2.16. The lowest BCUT2D eigenvalue weighted by Gasteiger charge is -2.18. The monoisotopic (exact) mass is 758 g/mol. The van der Waals surface area contributed by atoms with Gasteiger partial charge in [-0.3, -0.25) is 0 Å². The summed E-state index contributed by atoms with van der Waals surface area (Å²) in [5, 5.41) is 0. The van der Waals surface area contributed by atoms with Crippen LogP contribution in [0, 0.1) is 0 Å². The molecule has 0 bridgehead atoms. The van der Waals surface area contributed by atoms with Gasteiger partial charge in [-0.25, -0.2) is 0 Å². The van der Waals surface area contributed by atoms with Crippen molar-refractivity contribution in [2.45, 2.75) is 14.7 Å². The zero-order valence-electron chi connectivity index (χ0n) is 29.3. The molecular formula is C42H39BF4O6S. The van der Waals surface area contributed by atoms with E-state index in [1.807, 2.05) is 146 Å². The van der Waals surface area contributed by atoms with E-state index in [9.17, 15) is 17.3 Å². The van der Waals surface area contributed by atoms with Crippen molar-refractivity contribution >= 4 is 18.1 Å². The van der Waals surface area contributed by atoms with E-state index in [-0.39, 0.29) is 0 Å². The Kier molecular flexibility index (Phi) is 15.4. The SMILES string of the molecule is F[B-](F)(F)F.c1ccc(OCCOc2ccccc2[S+](c2ccccc2OCCOc2ccccc2)c2ccccc2OCCOc2ccccc2)cc1. The maximum atomic E-state index is 9.75. The number of hydrogen-bond acceptors (Lipinski definition) is 6. The van der Waals surface area contributed by atoms with E-state index in [1.54, 1.807) is 0 Å². The summed E-state index contributed by atoms with van der Waals surface area (Å²) in [6.07, 6.45) is 0. The Morgan fingerprint density at radius 2 is 0.537 bits per heavy atom. The van der Waals surface area contributed by atoms with Crippen LogP contribution < -0.4 is 28.4 Å². The van der Waals surface area contributed by atoms with Crippen molar-refractivity contribution in [1.82, 2.24) is 0 Å². The molecule has 0 unspecified atom stereocenters. The lowest BCUT2D eigenvalue weighted by atomic mass is 10.3. The molecular weight excluding hydrogens is 719 g/mol. The molecule has 0 saturated carbocycles. The van der Waals surface area contributed by atoms with Crippen molar-refractivity contribution in [3.63, 3.8) is 0 Å². The first kappa shape index (κ1) is 39.5. The molecule has 6 rings (SSSR count). The van der Waals surface area contributed by atoms with E-state index in [1.165, 1.54) is 0 Å². The number of para-hydroxylation sites is 6. The molecule has 0 radical (unpaired) electrons. The van der Waals surface area contributed by atoms with Crippen molar-refractivity contribution in [3.8, 4) is 34.5 Å². The van der Waals surface area contributed by atoms with Crippen LogP contribution in [0.5, 0.6) is 34.5 Å². The average Bonchev–Trinajstić information content (AvgIpc) is 3.19. The Labute approximate surface area is 315 Å². The third-order valence-corrected chi connectivity index (χ3v) is 9.60. The largest absolute Gasteiger partial charge is 0.673 e. The molecule has 6 aromatic rings. The summed E-state index contributed by atoms with van der Waals surface area (Å²) in [4.78, 5) is 3.03. The van der Waals surface area contributed by atoms with E-state index in [0.717, 1.165) is 49.2 Å². The van der Waals surface area contributed by atoms with Gasteiger partial charge < -0.3 is 45.7 Å². The molecule has 6 nitrogen and oxygen atoms in total. The van der Waals surface area contributed by atoms with E-state index < -0.39 is 18.1 Å². The summed E-state index contributed by atoms with van der Waals surface area (Å²) in [7, 11) is -6.67. The molecule has 0 amide bonds.